The predicted molar refractivity (Wildman–Crippen MR) is 91.7 cm³/mol. The Bertz CT molecular complexity index is 719. The summed E-state index contributed by atoms with van der Waals surface area (Å²) < 4.78 is 16.1. The van der Waals surface area contributed by atoms with Crippen LogP contribution in [0, 0.1) is 0 Å². The Morgan fingerprint density at radius 1 is 1.20 bits per heavy atom. The highest BCUT2D eigenvalue weighted by Crippen LogP contribution is 2.34. The van der Waals surface area contributed by atoms with Gasteiger partial charge in [-0.15, -0.1) is 0 Å². The summed E-state index contributed by atoms with van der Waals surface area (Å²) in [6.07, 6.45) is -0.908. The minimum atomic E-state index is -0.694. The number of aliphatic hydroxyl groups excluding tert-OH is 1. The molecular formula is C19H21NO5. The molecule has 6 nitrogen and oxygen atoms in total. The van der Waals surface area contributed by atoms with Crippen molar-refractivity contribution in [3.05, 3.63) is 54.1 Å². The zero-order valence-corrected chi connectivity index (χ0v) is 14.0. The summed E-state index contributed by atoms with van der Waals surface area (Å²) in [4.78, 5) is 12.1. The van der Waals surface area contributed by atoms with E-state index in [1.54, 1.807) is 37.3 Å². The van der Waals surface area contributed by atoms with Gasteiger partial charge in [0.2, 0.25) is 6.79 Å². The van der Waals surface area contributed by atoms with Crippen LogP contribution >= 0.6 is 0 Å². The lowest BCUT2D eigenvalue weighted by Crippen LogP contribution is -2.37. The van der Waals surface area contributed by atoms with Crippen LogP contribution < -0.4 is 19.5 Å². The lowest BCUT2D eigenvalue weighted by Gasteiger charge is -2.16. The quantitative estimate of drug-likeness (QED) is 0.807. The molecule has 1 aliphatic rings. The van der Waals surface area contributed by atoms with E-state index in [-0.39, 0.29) is 12.7 Å². The number of carbonyl (C=O) groups excluding carboxylic acids is 1. The first-order chi connectivity index (χ1) is 12.1. The molecule has 1 amide bonds. The standard InChI is InChI=1S/C19H21NO5/c1-13(25-15-5-3-2-4-6-15)19(22)20-10-9-16(21)14-7-8-17-18(11-14)24-12-23-17/h2-8,11,13,16,21H,9-10,12H2,1H3,(H,20,22)/t13-,16+/m0/s1. The van der Waals surface area contributed by atoms with E-state index < -0.39 is 12.2 Å². The Hall–Kier alpha value is -2.73. The van der Waals surface area contributed by atoms with Crippen LogP contribution in [-0.4, -0.2) is 30.5 Å². The van der Waals surface area contributed by atoms with Gasteiger partial charge < -0.3 is 24.6 Å². The van der Waals surface area contributed by atoms with E-state index in [4.69, 9.17) is 14.2 Å². The Kier molecular flexibility index (Phi) is 5.40. The molecule has 0 aliphatic carbocycles. The second-order valence-electron chi connectivity index (χ2n) is 5.78. The summed E-state index contributed by atoms with van der Waals surface area (Å²) >= 11 is 0. The summed E-state index contributed by atoms with van der Waals surface area (Å²) in [6, 6.07) is 14.5. The maximum atomic E-state index is 12.1. The van der Waals surface area contributed by atoms with Crippen LogP contribution in [0.2, 0.25) is 0 Å². The molecule has 0 aromatic heterocycles. The fourth-order valence-corrected chi connectivity index (χ4v) is 2.52. The molecule has 0 saturated carbocycles. The number of hydrogen-bond donors (Lipinski definition) is 2. The van der Waals surface area contributed by atoms with Crippen molar-refractivity contribution < 1.29 is 24.1 Å². The van der Waals surface area contributed by atoms with Crippen molar-refractivity contribution in [3.63, 3.8) is 0 Å². The largest absolute Gasteiger partial charge is 0.481 e. The first-order valence-electron chi connectivity index (χ1n) is 8.20. The van der Waals surface area contributed by atoms with Gasteiger partial charge in [-0.1, -0.05) is 24.3 Å². The van der Waals surface area contributed by atoms with Gasteiger partial charge in [-0.05, 0) is 43.2 Å². The summed E-state index contributed by atoms with van der Waals surface area (Å²) in [6.45, 7) is 2.23. The lowest BCUT2D eigenvalue weighted by molar-refractivity contribution is -0.127. The minimum absolute atomic E-state index is 0.199. The van der Waals surface area contributed by atoms with Crippen LogP contribution in [0.1, 0.15) is 25.0 Å². The average molecular weight is 343 g/mol. The van der Waals surface area contributed by atoms with Crippen molar-refractivity contribution in [2.75, 3.05) is 13.3 Å². The third-order valence-electron chi connectivity index (χ3n) is 3.92. The van der Waals surface area contributed by atoms with E-state index >= 15 is 0 Å². The van der Waals surface area contributed by atoms with Crippen molar-refractivity contribution in [1.82, 2.24) is 5.32 Å². The highest BCUT2D eigenvalue weighted by molar-refractivity contribution is 5.80. The molecule has 0 fully saturated rings. The number of fused-ring (bicyclic) bond motifs is 1. The number of amides is 1. The zero-order chi connectivity index (χ0) is 17.6. The van der Waals surface area contributed by atoms with Crippen molar-refractivity contribution in [2.24, 2.45) is 0 Å². The first kappa shape index (κ1) is 17.1. The number of ether oxygens (including phenoxy) is 3. The molecule has 2 N–H and O–H groups in total. The van der Waals surface area contributed by atoms with E-state index in [9.17, 15) is 9.90 Å². The summed E-state index contributed by atoms with van der Waals surface area (Å²) in [5.41, 5.74) is 0.729. The zero-order valence-electron chi connectivity index (χ0n) is 14.0. The average Bonchev–Trinajstić information content (AvgIpc) is 3.10. The van der Waals surface area contributed by atoms with Gasteiger partial charge in [0.25, 0.3) is 5.91 Å². The molecule has 2 atom stereocenters. The van der Waals surface area contributed by atoms with Gasteiger partial charge in [0.1, 0.15) is 5.75 Å². The molecule has 6 heteroatoms. The molecule has 25 heavy (non-hydrogen) atoms. The Balaban J connectivity index is 1.44. The molecular weight excluding hydrogens is 322 g/mol. The van der Waals surface area contributed by atoms with Crippen LogP contribution in [-0.2, 0) is 4.79 Å². The molecule has 0 unspecified atom stereocenters. The van der Waals surface area contributed by atoms with Crippen LogP contribution in [0.15, 0.2) is 48.5 Å². The van der Waals surface area contributed by atoms with Gasteiger partial charge in [0.15, 0.2) is 17.6 Å². The van der Waals surface area contributed by atoms with Crippen LogP contribution in [0.4, 0.5) is 0 Å². The first-order valence-corrected chi connectivity index (χ1v) is 8.20. The summed E-state index contributed by atoms with van der Waals surface area (Å²) in [5.74, 6) is 1.73. The molecule has 1 heterocycles. The highest BCUT2D eigenvalue weighted by Gasteiger charge is 2.18. The van der Waals surface area contributed by atoms with Crippen LogP contribution in [0.3, 0.4) is 0 Å². The topological polar surface area (TPSA) is 77.0 Å². The maximum absolute atomic E-state index is 12.1. The lowest BCUT2D eigenvalue weighted by atomic mass is 10.1. The summed E-state index contributed by atoms with van der Waals surface area (Å²) in [7, 11) is 0. The van der Waals surface area contributed by atoms with Crippen LogP contribution in [0.25, 0.3) is 0 Å². The third-order valence-corrected chi connectivity index (χ3v) is 3.92. The normalized spacial score (nSPS) is 14.6. The van der Waals surface area contributed by atoms with E-state index in [0.29, 0.717) is 30.2 Å². The van der Waals surface area contributed by atoms with Crippen molar-refractivity contribution >= 4 is 5.91 Å². The van der Waals surface area contributed by atoms with E-state index in [0.717, 1.165) is 5.56 Å². The Labute approximate surface area is 146 Å². The molecule has 0 radical (unpaired) electrons. The fourth-order valence-electron chi connectivity index (χ4n) is 2.52. The van der Waals surface area contributed by atoms with Crippen molar-refractivity contribution in [2.45, 2.75) is 25.6 Å². The summed E-state index contributed by atoms with van der Waals surface area (Å²) in [5, 5.41) is 13.0. The number of hydrogen-bond acceptors (Lipinski definition) is 5. The third kappa shape index (κ3) is 4.42. The van der Waals surface area contributed by atoms with Gasteiger partial charge >= 0.3 is 0 Å². The minimum Gasteiger partial charge on any atom is -0.481 e. The second kappa shape index (κ2) is 7.90. The number of rotatable bonds is 7. The number of benzene rings is 2. The Morgan fingerprint density at radius 3 is 2.76 bits per heavy atom. The van der Waals surface area contributed by atoms with E-state index in [2.05, 4.69) is 5.32 Å². The number of carbonyl (C=O) groups is 1. The smallest absolute Gasteiger partial charge is 0.260 e. The fraction of sp³-hybridized carbons (Fsp3) is 0.316. The predicted octanol–water partition coefficient (Wildman–Crippen LogP) is 2.42. The SMILES string of the molecule is C[C@H](Oc1ccccc1)C(=O)NCC[C@@H](O)c1ccc2c(c1)OCO2. The van der Waals surface area contributed by atoms with Crippen molar-refractivity contribution in [3.8, 4) is 17.2 Å². The molecule has 0 bridgehead atoms. The molecule has 2 aromatic rings. The molecule has 2 aromatic carbocycles. The van der Waals surface area contributed by atoms with E-state index in [1.165, 1.54) is 0 Å². The van der Waals surface area contributed by atoms with E-state index in [1.807, 2.05) is 18.2 Å². The molecule has 1 aliphatic heterocycles. The number of para-hydroxylation sites is 1. The van der Waals surface area contributed by atoms with Gasteiger partial charge in [-0.2, -0.15) is 0 Å². The number of aliphatic hydroxyl groups is 1. The highest BCUT2D eigenvalue weighted by atomic mass is 16.7. The maximum Gasteiger partial charge on any atom is 0.260 e. The van der Waals surface area contributed by atoms with Crippen molar-refractivity contribution in [1.29, 1.82) is 0 Å². The molecule has 0 saturated heterocycles. The molecule has 0 spiro atoms. The molecule has 3 rings (SSSR count). The van der Waals surface area contributed by atoms with Gasteiger partial charge in [-0.3, -0.25) is 4.79 Å². The van der Waals surface area contributed by atoms with Crippen LogP contribution in [0.5, 0.6) is 17.2 Å². The molecule has 132 valence electrons. The van der Waals surface area contributed by atoms with Gasteiger partial charge in [-0.25, -0.2) is 0 Å². The van der Waals surface area contributed by atoms with Gasteiger partial charge in [0.05, 0.1) is 6.10 Å². The second-order valence-corrected chi connectivity index (χ2v) is 5.78. The number of nitrogens with one attached hydrogen (secondary N) is 1. The Morgan fingerprint density at radius 2 is 1.96 bits per heavy atom. The monoisotopic (exact) mass is 343 g/mol. The van der Waals surface area contributed by atoms with Gasteiger partial charge in [0, 0.05) is 6.54 Å².